The molecule has 0 aromatic carbocycles. The first-order valence-electron chi connectivity index (χ1n) is 4.66. The fourth-order valence-corrected chi connectivity index (χ4v) is 0.907. The Labute approximate surface area is 69.8 Å². The molecule has 0 spiro atoms. The highest BCUT2D eigenvalue weighted by Crippen LogP contribution is 2.02. The minimum absolute atomic E-state index is 0.648. The Balaban J connectivity index is 2.69. The van der Waals surface area contributed by atoms with Gasteiger partial charge in [0.05, 0.1) is 13.2 Å². The average molecular weight is 160 g/mol. The molecule has 0 heterocycles. The van der Waals surface area contributed by atoms with Gasteiger partial charge in [-0.2, -0.15) is 0 Å². The summed E-state index contributed by atoms with van der Waals surface area (Å²) in [5, 5.41) is 0. The van der Waals surface area contributed by atoms with Gasteiger partial charge in [0.1, 0.15) is 0 Å². The van der Waals surface area contributed by atoms with Gasteiger partial charge in [0, 0.05) is 0 Å². The topological polar surface area (TPSA) is 18.5 Å². The normalized spacial score (nSPS) is 10.4. The van der Waals surface area contributed by atoms with Crippen LogP contribution in [0.15, 0.2) is 0 Å². The van der Waals surface area contributed by atoms with E-state index in [2.05, 4.69) is 6.92 Å². The van der Waals surface area contributed by atoms with E-state index in [1.165, 1.54) is 25.7 Å². The summed E-state index contributed by atoms with van der Waals surface area (Å²) in [7, 11) is 0. The third-order valence-electron chi connectivity index (χ3n) is 1.53. The summed E-state index contributed by atoms with van der Waals surface area (Å²) in [5.74, 6) is 0. The van der Waals surface area contributed by atoms with Gasteiger partial charge in [0.2, 0.25) is 0 Å². The Kier molecular flexibility index (Phi) is 9.85. The van der Waals surface area contributed by atoms with Crippen LogP contribution in [0.3, 0.4) is 0 Å². The van der Waals surface area contributed by atoms with Crippen molar-refractivity contribution < 1.29 is 9.78 Å². The highest BCUT2D eigenvalue weighted by molar-refractivity contribution is 4.39. The summed E-state index contributed by atoms with van der Waals surface area (Å²) >= 11 is 0. The first-order valence-corrected chi connectivity index (χ1v) is 4.66. The van der Waals surface area contributed by atoms with Crippen LogP contribution in [0.4, 0.5) is 0 Å². The second-order valence-corrected chi connectivity index (χ2v) is 2.64. The summed E-state index contributed by atoms with van der Waals surface area (Å²) in [6, 6.07) is 0. The molecule has 0 aliphatic heterocycles. The van der Waals surface area contributed by atoms with Crippen LogP contribution in [0.2, 0.25) is 0 Å². The second kappa shape index (κ2) is 9.92. The Bertz CT molecular complexity index is 56.6. The summed E-state index contributed by atoms with van der Waals surface area (Å²) in [6.45, 7) is 5.54. The number of rotatable bonds is 8. The summed E-state index contributed by atoms with van der Waals surface area (Å²) in [6.07, 6.45) is 6.36. The van der Waals surface area contributed by atoms with E-state index in [0.717, 1.165) is 13.0 Å². The molecule has 2 nitrogen and oxygen atoms in total. The van der Waals surface area contributed by atoms with Crippen molar-refractivity contribution in [3.63, 3.8) is 0 Å². The molecule has 0 aromatic heterocycles. The molecule has 0 bridgehead atoms. The van der Waals surface area contributed by atoms with E-state index in [9.17, 15) is 0 Å². The van der Waals surface area contributed by atoms with Crippen molar-refractivity contribution in [1.29, 1.82) is 0 Å². The van der Waals surface area contributed by atoms with Crippen molar-refractivity contribution >= 4 is 0 Å². The minimum atomic E-state index is 0.648. The van der Waals surface area contributed by atoms with E-state index in [0.29, 0.717) is 6.61 Å². The highest BCUT2D eigenvalue weighted by atomic mass is 17.2. The zero-order chi connectivity index (χ0) is 8.36. The Morgan fingerprint density at radius 3 is 2.18 bits per heavy atom. The van der Waals surface area contributed by atoms with Crippen molar-refractivity contribution in [2.24, 2.45) is 0 Å². The Morgan fingerprint density at radius 1 is 0.818 bits per heavy atom. The van der Waals surface area contributed by atoms with Crippen LogP contribution in [-0.2, 0) is 9.78 Å². The third kappa shape index (κ3) is 9.92. The highest BCUT2D eigenvalue weighted by Gasteiger charge is 1.89. The predicted molar refractivity (Wildman–Crippen MR) is 46.3 cm³/mol. The molecule has 11 heavy (non-hydrogen) atoms. The van der Waals surface area contributed by atoms with Gasteiger partial charge in [-0.1, -0.05) is 32.6 Å². The van der Waals surface area contributed by atoms with Crippen molar-refractivity contribution in [2.75, 3.05) is 13.2 Å². The van der Waals surface area contributed by atoms with Gasteiger partial charge in [-0.05, 0) is 13.3 Å². The molecule has 0 fully saturated rings. The summed E-state index contributed by atoms with van der Waals surface area (Å²) in [5.41, 5.74) is 0. The van der Waals surface area contributed by atoms with E-state index in [-0.39, 0.29) is 0 Å². The molecule has 0 saturated heterocycles. The molecule has 0 unspecified atom stereocenters. The largest absolute Gasteiger partial charge is 0.237 e. The van der Waals surface area contributed by atoms with E-state index < -0.39 is 0 Å². The van der Waals surface area contributed by atoms with Gasteiger partial charge in [-0.25, -0.2) is 9.78 Å². The van der Waals surface area contributed by atoms with E-state index in [1.807, 2.05) is 6.92 Å². The SMILES string of the molecule is CCCCCCCOOCC. The van der Waals surface area contributed by atoms with Crippen LogP contribution in [0.5, 0.6) is 0 Å². The first kappa shape index (κ1) is 10.9. The van der Waals surface area contributed by atoms with Crippen molar-refractivity contribution in [1.82, 2.24) is 0 Å². The van der Waals surface area contributed by atoms with Gasteiger partial charge < -0.3 is 0 Å². The molecule has 0 radical (unpaired) electrons. The lowest BCUT2D eigenvalue weighted by atomic mass is 10.2. The van der Waals surface area contributed by atoms with Crippen LogP contribution < -0.4 is 0 Å². The molecule has 2 heteroatoms. The van der Waals surface area contributed by atoms with Gasteiger partial charge in [-0.15, -0.1) is 0 Å². The molecular formula is C9H20O2. The summed E-state index contributed by atoms with van der Waals surface area (Å²) in [4.78, 5) is 9.60. The Morgan fingerprint density at radius 2 is 1.55 bits per heavy atom. The molecular weight excluding hydrogens is 140 g/mol. The van der Waals surface area contributed by atoms with Gasteiger partial charge in [0.25, 0.3) is 0 Å². The zero-order valence-corrected chi connectivity index (χ0v) is 7.77. The van der Waals surface area contributed by atoms with E-state index >= 15 is 0 Å². The van der Waals surface area contributed by atoms with Crippen LogP contribution in [0.1, 0.15) is 46.0 Å². The smallest absolute Gasteiger partial charge is 0.0822 e. The third-order valence-corrected chi connectivity index (χ3v) is 1.53. The molecule has 0 saturated carbocycles. The average Bonchev–Trinajstić information content (AvgIpc) is 2.03. The molecule has 0 N–H and O–H groups in total. The minimum Gasteiger partial charge on any atom is -0.237 e. The molecule has 68 valence electrons. The van der Waals surface area contributed by atoms with Crippen LogP contribution >= 0.6 is 0 Å². The van der Waals surface area contributed by atoms with Crippen LogP contribution in [-0.4, -0.2) is 13.2 Å². The lowest BCUT2D eigenvalue weighted by Gasteiger charge is -2.00. The maximum absolute atomic E-state index is 4.86. The van der Waals surface area contributed by atoms with Gasteiger partial charge in [0.15, 0.2) is 0 Å². The molecule has 0 aliphatic rings. The summed E-state index contributed by atoms with van der Waals surface area (Å²) < 4.78 is 0. The fourth-order valence-electron chi connectivity index (χ4n) is 0.907. The maximum Gasteiger partial charge on any atom is 0.0822 e. The van der Waals surface area contributed by atoms with Gasteiger partial charge >= 0.3 is 0 Å². The van der Waals surface area contributed by atoms with E-state index in [1.54, 1.807) is 0 Å². The van der Waals surface area contributed by atoms with Crippen LogP contribution in [0.25, 0.3) is 0 Å². The predicted octanol–water partition coefficient (Wildman–Crippen LogP) is 2.92. The lowest BCUT2D eigenvalue weighted by Crippen LogP contribution is -1.95. The lowest BCUT2D eigenvalue weighted by molar-refractivity contribution is -0.291. The molecule has 0 aliphatic carbocycles. The van der Waals surface area contributed by atoms with Crippen LogP contribution in [0, 0.1) is 0 Å². The fraction of sp³-hybridized carbons (Fsp3) is 1.00. The molecule has 0 amide bonds. The van der Waals surface area contributed by atoms with Crippen molar-refractivity contribution in [3.8, 4) is 0 Å². The molecule has 0 rings (SSSR count). The second-order valence-electron chi connectivity index (χ2n) is 2.64. The number of hydrogen-bond acceptors (Lipinski definition) is 2. The Hall–Kier alpha value is -0.0800. The van der Waals surface area contributed by atoms with Crippen molar-refractivity contribution in [3.05, 3.63) is 0 Å². The number of unbranched alkanes of at least 4 members (excludes halogenated alkanes) is 4. The van der Waals surface area contributed by atoms with Crippen molar-refractivity contribution in [2.45, 2.75) is 46.0 Å². The van der Waals surface area contributed by atoms with E-state index in [4.69, 9.17) is 9.78 Å². The number of hydrogen-bond donors (Lipinski definition) is 0. The monoisotopic (exact) mass is 160 g/mol. The quantitative estimate of drug-likeness (QED) is 0.309. The standard InChI is InChI=1S/C9H20O2/c1-3-5-6-7-8-9-11-10-4-2/h3-9H2,1-2H3. The maximum atomic E-state index is 4.86. The zero-order valence-electron chi connectivity index (χ0n) is 7.77. The first-order chi connectivity index (χ1) is 5.41. The molecule has 0 aromatic rings. The molecule has 0 atom stereocenters. The van der Waals surface area contributed by atoms with Gasteiger partial charge in [-0.3, -0.25) is 0 Å².